The average molecular weight is 385 g/mol. The van der Waals surface area contributed by atoms with Crippen LogP contribution in [0.1, 0.15) is 30.5 Å². The first-order valence-electron chi connectivity index (χ1n) is 9.49. The molecule has 0 saturated heterocycles. The molecule has 1 saturated carbocycles. The molecule has 6 heteroatoms. The predicted octanol–water partition coefficient (Wildman–Crippen LogP) is 4.43. The summed E-state index contributed by atoms with van der Waals surface area (Å²) < 4.78 is 14.2. The topological polar surface area (TPSA) is 88.0 Å². The number of aromatic nitrogens is 2. The summed E-state index contributed by atoms with van der Waals surface area (Å²) in [4.78, 5) is 13.2. The minimum atomic E-state index is -1.19. The highest BCUT2D eigenvalue weighted by Crippen LogP contribution is 2.36. The van der Waals surface area contributed by atoms with Crippen LogP contribution in [0.5, 0.6) is 0 Å². The fourth-order valence-corrected chi connectivity index (χ4v) is 3.42. The van der Waals surface area contributed by atoms with Crippen molar-refractivity contribution in [1.29, 1.82) is 5.26 Å². The first-order chi connectivity index (χ1) is 14.1. The zero-order valence-corrected chi connectivity index (χ0v) is 15.8. The zero-order chi connectivity index (χ0) is 20.3. The number of halogens is 1. The quantitative estimate of drug-likeness (QED) is 0.658. The van der Waals surface area contributed by atoms with Gasteiger partial charge in [-0.05, 0) is 43.5 Å². The maximum Gasteiger partial charge on any atom is 0.141 e. The monoisotopic (exact) mass is 385 g/mol. The van der Waals surface area contributed by atoms with Crippen LogP contribution in [0.4, 0.5) is 4.39 Å². The summed E-state index contributed by atoms with van der Waals surface area (Å²) in [6.07, 6.45) is 6.77. The fourth-order valence-electron chi connectivity index (χ4n) is 3.42. The van der Waals surface area contributed by atoms with E-state index < -0.39 is 5.67 Å². The molecule has 1 aliphatic carbocycles. The van der Waals surface area contributed by atoms with Crippen LogP contribution >= 0.6 is 0 Å². The van der Waals surface area contributed by atoms with E-state index in [1.165, 1.54) is 6.20 Å². The third-order valence-corrected chi connectivity index (χ3v) is 5.23. The third-order valence-electron chi connectivity index (χ3n) is 5.23. The number of benzene rings is 1. The van der Waals surface area contributed by atoms with Crippen molar-refractivity contribution in [2.24, 2.45) is 10.7 Å². The summed E-state index contributed by atoms with van der Waals surface area (Å²) in [5, 5.41) is 10.3. The van der Waals surface area contributed by atoms with Gasteiger partial charge < -0.3 is 5.73 Å². The van der Waals surface area contributed by atoms with Crippen molar-refractivity contribution in [2.45, 2.75) is 24.9 Å². The van der Waals surface area contributed by atoms with Gasteiger partial charge in [-0.2, -0.15) is 5.26 Å². The van der Waals surface area contributed by atoms with Crippen molar-refractivity contribution < 1.29 is 4.39 Å². The second-order valence-corrected chi connectivity index (χ2v) is 7.21. The van der Waals surface area contributed by atoms with Crippen LogP contribution in [0.25, 0.3) is 27.7 Å². The highest BCUT2D eigenvalue weighted by atomic mass is 19.1. The number of pyridine rings is 2. The first-order valence-corrected chi connectivity index (χ1v) is 9.49. The number of fused-ring (bicyclic) bond motifs is 1. The SMILES string of the molecule is N#Cc1ccc(/C(C=NCC2(F)CCC2)=C/N)c(-c2ccc3cccnc3c2)n1. The van der Waals surface area contributed by atoms with Crippen LogP contribution in [0.3, 0.4) is 0 Å². The Bertz CT molecular complexity index is 1160. The molecule has 2 N–H and O–H groups in total. The number of nitrogens with two attached hydrogens (primary N) is 1. The predicted molar refractivity (Wildman–Crippen MR) is 113 cm³/mol. The number of rotatable bonds is 5. The minimum Gasteiger partial charge on any atom is -0.404 e. The number of hydrogen-bond acceptors (Lipinski definition) is 5. The van der Waals surface area contributed by atoms with Gasteiger partial charge in [0.1, 0.15) is 17.4 Å². The number of alkyl halides is 1. The Hall–Kier alpha value is -3.59. The molecular weight excluding hydrogens is 365 g/mol. The van der Waals surface area contributed by atoms with Crippen molar-refractivity contribution in [3.05, 3.63) is 66.1 Å². The molecule has 0 aliphatic heterocycles. The van der Waals surface area contributed by atoms with E-state index in [1.807, 2.05) is 30.3 Å². The van der Waals surface area contributed by atoms with Gasteiger partial charge in [0.25, 0.3) is 0 Å². The van der Waals surface area contributed by atoms with E-state index in [0.717, 1.165) is 28.5 Å². The molecule has 29 heavy (non-hydrogen) atoms. The van der Waals surface area contributed by atoms with Gasteiger partial charge in [-0.15, -0.1) is 0 Å². The number of nitrogens with zero attached hydrogens (tertiary/aromatic N) is 4. The maximum absolute atomic E-state index is 14.2. The molecule has 0 atom stereocenters. The molecule has 0 radical (unpaired) electrons. The van der Waals surface area contributed by atoms with E-state index >= 15 is 0 Å². The average Bonchev–Trinajstić information content (AvgIpc) is 2.75. The van der Waals surface area contributed by atoms with Crippen LogP contribution in [0.15, 0.2) is 59.9 Å². The molecule has 2 heterocycles. The Labute approximate surface area is 168 Å². The lowest BCUT2D eigenvalue weighted by Gasteiger charge is -2.31. The van der Waals surface area contributed by atoms with Crippen molar-refractivity contribution in [3.8, 4) is 17.3 Å². The van der Waals surface area contributed by atoms with Crippen LogP contribution in [-0.4, -0.2) is 28.4 Å². The molecule has 4 rings (SSSR count). The summed E-state index contributed by atoms with van der Waals surface area (Å²) in [7, 11) is 0. The highest BCUT2D eigenvalue weighted by Gasteiger charge is 2.36. The molecule has 2 aromatic heterocycles. The molecule has 1 aliphatic rings. The molecular formula is C23H20FN5. The lowest BCUT2D eigenvalue weighted by molar-refractivity contribution is 0.0743. The van der Waals surface area contributed by atoms with Crippen LogP contribution in [0.2, 0.25) is 0 Å². The normalized spacial score (nSPS) is 15.9. The third kappa shape index (κ3) is 3.85. The highest BCUT2D eigenvalue weighted by molar-refractivity contribution is 6.12. The Balaban J connectivity index is 1.74. The second kappa shape index (κ2) is 7.80. The second-order valence-electron chi connectivity index (χ2n) is 7.21. The van der Waals surface area contributed by atoms with E-state index in [9.17, 15) is 9.65 Å². The number of nitriles is 1. The number of hydrogen-bond donors (Lipinski definition) is 1. The fraction of sp³-hybridized carbons (Fsp3) is 0.217. The van der Waals surface area contributed by atoms with Gasteiger partial charge >= 0.3 is 0 Å². The Morgan fingerprint density at radius 3 is 2.86 bits per heavy atom. The molecule has 0 amide bonds. The summed E-state index contributed by atoms with van der Waals surface area (Å²) in [6, 6.07) is 15.2. The molecule has 0 spiro atoms. The number of allylic oxidation sites excluding steroid dienone is 1. The van der Waals surface area contributed by atoms with Gasteiger partial charge in [0.15, 0.2) is 0 Å². The van der Waals surface area contributed by atoms with Crippen molar-refractivity contribution in [3.63, 3.8) is 0 Å². The summed E-state index contributed by atoms with van der Waals surface area (Å²) in [5.41, 5.74) is 8.58. The lowest BCUT2D eigenvalue weighted by atomic mass is 9.82. The molecule has 144 valence electrons. The lowest BCUT2D eigenvalue weighted by Crippen LogP contribution is -2.34. The van der Waals surface area contributed by atoms with Gasteiger partial charge in [-0.1, -0.05) is 18.2 Å². The van der Waals surface area contributed by atoms with Crippen molar-refractivity contribution in [2.75, 3.05) is 6.54 Å². The van der Waals surface area contributed by atoms with Crippen molar-refractivity contribution >= 4 is 22.7 Å². The van der Waals surface area contributed by atoms with Gasteiger partial charge in [-0.25, -0.2) is 9.37 Å². The molecule has 3 aromatic rings. The van der Waals surface area contributed by atoms with E-state index in [2.05, 4.69) is 21.0 Å². The van der Waals surface area contributed by atoms with Crippen LogP contribution < -0.4 is 5.73 Å². The molecule has 1 fully saturated rings. The maximum atomic E-state index is 14.2. The van der Waals surface area contributed by atoms with Gasteiger partial charge in [0.2, 0.25) is 0 Å². The van der Waals surface area contributed by atoms with E-state index in [4.69, 9.17) is 5.73 Å². The summed E-state index contributed by atoms with van der Waals surface area (Å²) >= 11 is 0. The van der Waals surface area contributed by atoms with Crippen LogP contribution in [-0.2, 0) is 0 Å². The largest absolute Gasteiger partial charge is 0.404 e. The van der Waals surface area contributed by atoms with Gasteiger partial charge in [-0.3, -0.25) is 9.98 Å². The Kier molecular flexibility index (Phi) is 5.05. The number of aliphatic imine (C=N–C) groups is 1. The molecule has 1 aromatic carbocycles. The smallest absolute Gasteiger partial charge is 0.141 e. The van der Waals surface area contributed by atoms with Gasteiger partial charge in [0.05, 0.1) is 17.8 Å². The zero-order valence-electron chi connectivity index (χ0n) is 15.8. The Morgan fingerprint density at radius 2 is 2.14 bits per heavy atom. The molecule has 0 unspecified atom stereocenters. The van der Waals surface area contributed by atoms with Crippen LogP contribution in [0, 0.1) is 11.3 Å². The minimum absolute atomic E-state index is 0.128. The summed E-state index contributed by atoms with van der Waals surface area (Å²) in [5.74, 6) is 0. The summed E-state index contributed by atoms with van der Waals surface area (Å²) in [6.45, 7) is 0.128. The van der Waals surface area contributed by atoms with E-state index in [-0.39, 0.29) is 6.54 Å². The van der Waals surface area contributed by atoms with E-state index in [1.54, 1.807) is 24.5 Å². The van der Waals surface area contributed by atoms with Crippen molar-refractivity contribution in [1.82, 2.24) is 9.97 Å². The standard InChI is InChI=1S/C23H20FN5/c24-23(8-2-9-23)15-27-14-18(12-25)20-7-6-19(13-26)29-22(20)17-5-4-16-3-1-10-28-21(16)11-17/h1,3-7,10-12,14H,2,8-9,15,25H2/b18-12+,27-14?. The first kappa shape index (κ1) is 18.8. The molecule has 0 bridgehead atoms. The van der Waals surface area contributed by atoms with E-state index in [0.29, 0.717) is 29.8 Å². The molecule has 5 nitrogen and oxygen atoms in total. The van der Waals surface area contributed by atoms with Gasteiger partial charge in [0, 0.05) is 40.7 Å². The Morgan fingerprint density at radius 1 is 1.28 bits per heavy atom.